The number of aromatic nitrogens is 2. The van der Waals surface area contributed by atoms with Gasteiger partial charge < -0.3 is 9.47 Å². The highest BCUT2D eigenvalue weighted by Gasteiger charge is 2.20. The molecule has 2 aromatic carbocycles. The number of para-hydroxylation sites is 2. The second kappa shape index (κ2) is 7.51. The van der Waals surface area contributed by atoms with Crippen LogP contribution >= 0.6 is 0 Å². The maximum atomic E-state index is 13.0. The molecule has 0 saturated heterocycles. The molecule has 0 unspecified atom stereocenters. The lowest BCUT2D eigenvalue weighted by Gasteiger charge is -2.27. The lowest BCUT2D eigenvalue weighted by atomic mass is 10.2. The quantitative estimate of drug-likeness (QED) is 0.682. The topological polar surface area (TPSA) is 38.1 Å². The minimum absolute atomic E-state index is 0.122. The van der Waals surface area contributed by atoms with E-state index in [0.29, 0.717) is 13.1 Å². The molecule has 0 aliphatic rings. The molecule has 130 valence electrons. The lowest BCUT2D eigenvalue weighted by molar-refractivity contribution is -0.134. The van der Waals surface area contributed by atoms with Gasteiger partial charge in [-0.1, -0.05) is 49.4 Å². The minimum atomic E-state index is 0.122. The molecule has 4 heteroatoms. The summed E-state index contributed by atoms with van der Waals surface area (Å²) in [5.74, 6) is 1.08. The summed E-state index contributed by atoms with van der Waals surface area (Å²) in [7, 11) is 0. The molecule has 0 aliphatic heterocycles. The van der Waals surface area contributed by atoms with Gasteiger partial charge in [0.2, 0.25) is 5.91 Å². The number of aryl methyl sites for hydroxylation is 1. The largest absolute Gasteiger partial charge is 0.334 e. The molecule has 3 aromatic rings. The Morgan fingerprint density at radius 3 is 2.44 bits per heavy atom. The molecule has 25 heavy (non-hydrogen) atoms. The van der Waals surface area contributed by atoms with E-state index in [1.807, 2.05) is 47.4 Å². The number of nitrogens with zero attached hydrogens (tertiary/aromatic N) is 3. The molecule has 1 aromatic heterocycles. The summed E-state index contributed by atoms with van der Waals surface area (Å²) in [6, 6.07) is 18.3. The van der Waals surface area contributed by atoms with Crippen LogP contribution in [0.5, 0.6) is 0 Å². The highest BCUT2D eigenvalue weighted by molar-refractivity contribution is 5.81. The molecule has 1 heterocycles. The van der Waals surface area contributed by atoms with Gasteiger partial charge in [-0.2, -0.15) is 0 Å². The van der Waals surface area contributed by atoms with Crippen LogP contribution in [0.2, 0.25) is 0 Å². The van der Waals surface area contributed by atoms with Crippen LogP contribution in [0, 0.1) is 0 Å². The Morgan fingerprint density at radius 1 is 1.08 bits per heavy atom. The van der Waals surface area contributed by atoms with Crippen molar-refractivity contribution in [2.24, 2.45) is 0 Å². The summed E-state index contributed by atoms with van der Waals surface area (Å²) in [4.78, 5) is 19.6. The van der Waals surface area contributed by atoms with Crippen LogP contribution in [-0.4, -0.2) is 26.4 Å². The van der Waals surface area contributed by atoms with E-state index in [1.165, 1.54) is 0 Å². The van der Waals surface area contributed by atoms with Gasteiger partial charge in [0.1, 0.15) is 12.4 Å². The standard InChI is InChI=1S/C21H25N3O/c1-4-20-22-18-12-8-9-13-19(18)24(20)15-21(25)23(16(2)3)14-17-10-6-5-7-11-17/h5-13,16H,4,14-15H2,1-3H3. The molecule has 0 spiro atoms. The van der Waals surface area contributed by atoms with E-state index < -0.39 is 0 Å². The number of hydrogen-bond donors (Lipinski definition) is 0. The van der Waals surface area contributed by atoms with Crippen molar-refractivity contribution < 1.29 is 4.79 Å². The van der Waals surface area contributed by atoms with Gasteiger partial charge in [-0.3, -0.25) is 4.79 Å². The number of rotatable bonds is 6. The van der Waals surface area contributed by atoms with Crippen LogP contribution in [0.25, 0.3) is 11.0 Å². The zero-order chi connectivity index (χ0) is 17.8. The van der Waals surface area contributed by atoms with Crippen LogP contribution in [0.15, 0.2) is 54.6 Å². The second-order valence-electron chi connectivity index (χ2n) is 6.56. The van der Waals surface area contributed by atoms with Gasteiger partial charge in [-0.05, 0) is 31.5 Å². The SMILES string of the molecule is CCc1nc2ccccc2n1CC(=O)N(Cc1ccccc1)C(C)C. The van der Waals surface area contributed by atoms with Gasteiger partial charge >= 0.3 is 0 Å². The fourth-order valence-electron chi connectivity index (χ4n) is 3.14. The van der Waals surface area contributed by atoms with Crippen LogP contribution in [0.1, 0.15) is 32.2 Å². The predicted molar refractivity (Wildman–Crippen MR) is 101 cm³/mol. The molecule has 0 aliphatic carbocycles. The number of carbonyl (C=O) groups excluding carboxylic acids is 1. The lowest BCUT2D eigenvalue weighted by Crippen LogP contribution is -2.38. The summed E-state index contributed by atoms with van der Waals surface area (Å²) in [6.45, 7) is 7.16. The van der Waals surface area contributed by atoms with E-state index in [4.69, 9.17) is 0 Å². The van der Waals surface area contributed by atoms with Crippen molar-refractivity contribution in [1.29, 1.82) is 0 Å². The van der Waals surface area contributed by atoms with E-state index in [-0.39, 0.29) is 11.9 Å². The molecule has 0 atom stereocenters. The van der Waals surface area contributed by atoms with Crippen molar-refractivity contribution in [3.05, 3.63) is 66.0 Å². The summed E-state index contributed by atoms with van der Waals surface area (Å²) >= 11 is 0. The normalized spacial score (nSPS) is 11.2. The Bertz CT molecular complexity index is 852. The van der Waals surface area contributed by atoms with Crippen molar-refractivity contribution >= 4 is 16.9 Å². The van der Waals surface area contributed by atoms with Gasteiger partial charge in [-0.15, -0.1) is 0 Å². The number of hydrogen-bond acceptors (Lipinski definition) is 2. The summed E-state index contributed by atoms with van der Waals surface area (Å²) in [5, 5.41) is 0. The van der Waals surface area contributed by atoms with Crippen LogP contribution in [0.4, 0.5) is 0 Å². The van der Waals surface area contributed by atoms with Crippen molar-refractivity contribution in [3.63, 3.8) is 0 Å². The first-order chi connectivity index (χ1) is 12.1. The molecule has 4 nitrogen and oxygen atoms in total. The third kappa shape index (κ3) is 3.73. The molecular weight excluding hydrogens is 310 g/mol. The van der Waals surface area contributed by atoms with Crippen LogP contribution in [0.3, 0.4) is 0 Å². The molecule has 3 rings (SSSR count). The second-order valence-corrected chi connectivity index (χ2v) is 6.56. The van der Waals surface area contributed by atoms with Gasteiger partial charge in [0.25, 0.3) is 0 Å². The molecular formula is C21H25N3O. The Labute approximate surface area is 149 Å². The highest BCUT2D eigenvalue weighted by Crippen LogP contribution is 2.18. The maximum absolute atomic E-state index is 13.0. The van der Waals surface area contributed by atoms with E-state index in [2.05, 4.69) is 42.5 Å². The average Bonchev–Trinajstić information content (AvgIpc) is 2.98. The first-order valence-corrected chi connectivity index (χ1v) is 8.87. The molecule has 0 saturated carbocycles. The predicted octanol–water partition coefficient (Wildman–Crippen LogP) is 4.04. The zero-order valence-electron chi connectivity index (χ0n) is 15.1. The van der Waals surface area contributed by atoms with Gasteiger partial charge in [0, 0.05) is 19.0 Å². The van der Waals surface area contributed by atoms with E-state index in [0.717, 1.165) is 28.8 Å². The van der Waals surface area contributed by atoms with E-state index >= 15 is 0 Å². The van der Waals surface area contributed by atoms with Gasteiger partial charge in [0.05, 0.1) is 11.0 Å². The first kappa shape index (κ1) is 17.2. The third-order valence-electron chi connectivity index (χ3n) is 4.48. The molecule has 0 radical (unpaired) electrons. The Kier molecular flexibility index (Phi) is 5.17. The number of carbonyl (C=O) groups is 1. The Hall–Kier alpha value is -2.62. The van der Waals surface area contributed by atoms with Crippen molar-refractivity contribution in [1.82, 2.24) is 14.5 Å². The average molecular weight is 335 g/mol. The molecule has 0 bridgehead atoms. The number of imidazole rings is 1. The highest BCUT2D eigenvalue weighted by atomic mass is 16.2. The van der Waals surface area contributed by atoms with Gasteiger partial charge in [-0.25, -0.2) is 4.98 Å². The third-order valence-corrected chi connectivity index (χ3v) is 4.48. The van der Waals surface area contributed by atoms with Gasteiger partial charge in [0.15, 0.2) is 0 Å². The fourth-order valence-corrected chi connectivity index (χ4v) is 3.14. The maximum Gasteiger partial charge on any atom is 0.243 e. The molecule has 0 N–H and O–H groups in total. The summed E-state index contributed by atoms with van der Waals surface area (Å²) < 4.78 is 2.05. The monoisotopic (exact) mass is 335 g/mol. The molecule has 0 fully saturated rings. The van der Waals surface area contributed by atoms with Crippen molar-refractivity contribution in [2.45, 2.75) is 46.3 Å². The number of fused-ring (bicyclic) bond motifs is 1. The zero-order valence-corrected chi connectivity index (χ0v) is 15.1. The smallest absolute Gasteiger partial charge is 0.243 e. The van der Waals surface area contributed by atoms with Crippen LogP contribution in [-0.2, 0) is 24.3 Å². The summed E-state index contributed by atoms with van der Waals surface area (Å²) in [5.41, 5.74) is 3.12. The Balaban J connectivity index is 1.87. The van der Waals surface area contributed by atoms with Crippen molar-refractivity contribution in [2.75, 3.05) is 0 Å². The molecule has 1 amide bonds. The summed E-state index contributed by atoms with van der Waals surface area (Å²) in [6.07, 6.45) is 0.808. The first-order valence-electron chi connectivity index (χ1n) is 8.87. The fraction of sp³-hybridized carbons (Fsp3) is 0.333. The van der Waals surface area contributed by atoms with E-state index in [1.54, 1.807) is 0 Å². The van der Waals surface area contributed by atoms with Crippen molar-refractivity contribution in [3.8, 4) is 0 Å². The van der Waals surface area contributed by atoms with E-state index in [9.17, 15) is 4.79 Å². The number of benzene rings is 2. The Morgan fingerprint density at radius 2 is 1.76 bits per heavy atom. The minimum Gasteiger partial charge on any atom is -0.334 e. The van der Waals surface area contributed by atoms with Crippen LogP contribution < -0.4 is 0 Å². The number of amides is 1.